The second-order valence-corrected chi connectivity index (χ2v) is 5.71. The summed E-state index contributed by atoms with van der Waals surface area (Å²) in [5.41, 5.74) is 0. The van der Waals surface area contributed by atoms with E-state index in [0.717, 1.165) is 25.0 Å². The molecule has 4 nitrogen and oxygen atoms in total. The van der Waals surface area contributed by atoms with Crippen LogP contribution in [0.5, 0.6) is 0 Å². The number of rotatable bonds is 2. The SMILES string of the molecule is COC1CCC(C2CNC3CNCCN32)CC1. The maximum atomic E-state index is 5.47. The standard InChI is InChI=1S/C13H25N3O/c1-17-11-4-2-10(3-5-11)12-8-15-13-9-14-6-7-16(12)13/h10-15H,2-9H2,1H3. The summed E-state index contributed by atoms with van der Waals surface area (Å²) in [6.07, 6.45) is 6.33. The maximum absolute atomic E-state index is 5.47. The number of nitrogens with zero attached hydrogens (tertiary/aromatic N) is 1. The van der Waals surface area contributed by atoms with Crippen molar-refractivity contribution in [2.45, 2.75) is 44.0 Å². The van der Waals surface area contributed by atoms with Gasteiger partial charge in [-0.3, -0.25) is 10.2 Å². The topological polar surface area (TPSA) is 36.5 Å². The van der Waals surface area contributed by atoms with Crippen molar-refractivity contribution >= 4 is 0 Å². The monoisotopic (exact) mass is 239 g/mol. The molecule has 0 bridgehead atoms. The molecule has 3 rings (SSSR count). The third kappa shape index (κ3) is 2.36. The van der Waals surface area contributed by atoms with Gasteiger partial charge in [-0.25, -0.2) is 0 Å². The lowest BCUT2D eigenvalue weighted by atomic mass is 9.82. The molecular formula is C13H25N3O. The average molecular weight is 239 g/mol. The Morgan fingerprint density at radius 2 is 1.94 bits per heavy atom. The lowest BCUT2D eigenvalue weighted by Crippen LogP contribution is -2.54. The van der Waals surface area contributed by atoms with Crippen LogP contribution in [0.3, 0.4) is 0 Å². The Labute approximate surface area is 104 Å². The van der Waals surface area contributed by atoms with Gasteiger partial charge < -0.3 is 10.1 Å². The average Bonchev–Trinajstić information content (AvgIpc) is 2.83. The van der Waals surface area contributed by atoms with Crippen molar-refractivity contribution in [2.75, 3.05) is 33.3 Å². The number of hydrogen-bond acceptors (Lipinski definition) is 4. The fraction of sp³-hybridized carbons (Fsp3) is 1.00. The van der Waals surface area contributed by atoms with Crippen molar-refractivity contribution in [3.8, 4) is 0 Å². The number of hydrogen-bond donors (Lipinski definition) is 2. The van der Waals surface area contributed by atoms with Crippen molar-refractivity contribution in [1.82, 2.24) is 15.5 Å². The summed E-state index contributed by atoms with van der Waals surface area (Å²) >= 11 is 0. The Morgan fingerprint density at radius 3 is 2.71 bits per heavy atom. The molecule has 2 heterocycles. The zero-order valence-electron chi connectivity index (χ0n) is 10.8. The molecule has 98 valence electrons. The van der Waals surface area contributed by atoms with Gasteiger partial charge in [0.15, 0.2) is 0 Å². The number of methoxy groups -OCH3 is 1. The molecule has 3 aliphatic rings. The van der Waals surface area contributed by atoms with Gasteiger partial charge in [0.1, 0.15) is 0 Å². The lowest BCUT2D eigenvalue weighted by molar-refractivity contribution is 0.0339. The minimum absolute atomic E-state index is 0.527. The Balaban J connectivity index is 1.58. The molecule has 0 radical (unpaired) electrons. The summed E-state index contributed by atoms with van der Waals surface area (Å²) in [7, 11) is 1.86. The highest BCUT2D eigenvalue weighted by molar-refractivity contribution is 4.95. The minimum atomic E-state index is 0.527. The zero-order chi connectivity index (χ0) is 11.7. The van der Waals surface area contributed by atoms with Gasteiger partial charge in [0.25, 0.3) is 0 Å². The van der Waals surface area contributed by atoms with Crippen LogP contribution in [0.2, 0.25) is 0 Å². The van der Waals surface area contributed by atoms with Crippen molar-refractivity contribution in [3.63, 3.8) is 0 Å². The Bertz CT molecular complexity index is 253. The molecule has 1 saturated carbocycles. The Kier molecular flexibility index (Phi) is 3.66. The molecule has 2 atom stereocenters. The molecule has 0 spiro atoms. The quantitative estimate of drug-likeness (QED) is 0.731. The second kappa shape index (κ2) is 5.22. The summed E-state index contributed by atoms with van der Waals surface area (Å²) < 4.78 is 5.47. The van der Waals surface area contributed by atoms with Crippen LogP contribution in [0.15, 0.2) is 0 Å². The summed E-state index contributed by atoms with van der Waals surface area (Å²) in [4.78, 5) is 2.70. The van der Waals surface area contributed by atoms with E-state index in [1.54, 1.807) is 0 Å². The van der Waals surface area contributed by atoms with Crippen molar-refractivity contribution in [1.29, 1.82) is 0 Å². The van der Waals surface area contributed by atoms with Gasteiger partial charge in [0, 0.05) is 39.3 Å². The van der Waals surface area contributed by atoms with Crippen molar-refractivity contribution in [2.24, 2.45) is 5.92 Å². The summed E-state index contributed by atoms with van der Waals surface area (Å²) in [5.74, 6) is 0.886. The van der Waals surface area contributed by atoms with Crippen LogP contribution >= 0.6 is 0 Å². The van der Waals surface area contributed by atoms with E-state index in [1.807, 2.05) is 7.11 Å². The van der Waals surface area contributed by atoms with E-state index in [1.165, 1.54) is 38.8 Å². The van der Waals surface area contributed by atoms with E-state index in [0.29, 0.717) is 12.3 Å². The van der Waals surface area contributed by atoms with Crippen LogP contribution in [0.25, 0.3) is 0 Å². The van der Waals surface area contributed by atoms with Crippen molar-refractivity contribution < 1.29 is 4.74 Å². The molecule has 1 aliphatic carbocycles. The smallest absolute Gasteiger partial charge is 0.0729 e. The van der Waals surface area contributed by atoms with E-state index in [-0.39, 0.29) is 0 Å². The number of ether oxygens (including phenoxy) is 1. The summed E-state index contributed by atoms with van der Waals surface area (Å²) in [6, 6.07) is 0.778. The van der Waals surface area contributed by atoms with Gasteiger partial charge in [-0.05, 0) is 31.6 Å². The van der Waals surface area contributed by atoms with Gasteiger partial charge in [-0.15, -0.1) is 0 Å². The first-order valence-corrected chi connectivity index (χ1v) is 7.11. The fourth-order valence-corrected chi connectivity index (χ4v) is 3.83. The first-order chi connectivity index (χ1) is 8.38. The molecule has 2 aliphatic heterocycles. The van der Waals surface area contributed by atoms with E-state index < -0.39 is 0 Å². The normalized spacial score (nSPS) is 43.6. The van der Waals surface area contributed by atoms with E-state index in [4.69, 9.17) is 4.74 Å². The van der Waals surface area contributed by atoms with Crippen LogP contribution in [0.1, 0.15) is 25.7 Å². The number of piperazine rings is 1. The summed E-state index contributed by atoms with van der Waals surface area (Å²) in [6.45, 7) is 4.67. The van der Waals surface area contributed by atoms with E-state index >= 15 is 0 Å². The summed E-state index contributed by atoms with van der Waals surface area (Å²) in [5, 5.41) is 7.13. The number of fused-ring (bicyclic) bond motifs is 1. The van der Waals surface area contributed by atoms with E-state index in [9.17, 15) is 0 Å². The Hall–Kier alpha value is -0.160. The fourth-order valence-electron chi connectivity index (χ4n) is 3.83. The molecule has 17 heavy (non-hydrogen) atoms. The van der Waals surface area contributed by atoms with Gasteiger partial charge in [0.2, 0.25) is 0 Å². The lowest BCUT2D eigenvalue weighted by Gasteiger charge is -2.39. The second-order valence-electron chi connectivity index (χ2n) is 5.71. The van der Waals surface area contributed by atoms with E-state index in [2.05, 4.69) is 15.5 Å². The van der Waals surface area contributed by atoms with Crippen LogP contribution in [-0.4, -0.2) is 56.5 Å². The van der Waals surface area contributed by atoms with Gasteiger partial charge in [-0.2, -0.15) is 0 Å². The van der Waals surface area contributed by atoms with Crippen LogP contribution in [-0.2, 0) is 4.74 Å². The largest absolute Gasteiger partial charge is 0.381 e. The highest BCUT2D eigenvalue weighted by Crippen LogP contribution is 2.32. The predicted molar refractivity (Wildman–Crippen MR) is 67.9 cm³/mol. The molecular weight excluding hydrogens is 214 g/mol. The molecule has 2 N–H and O–H groups in total. The third-order valence-corrected chi connectivity index (χ3v) is 4.87. The van der Waals surface area contributed by atoms with Gasteiger partial charge in [0.05, 0.1) is 12.3 Å². The van der Waals surface area contributed by atoms with Crippen LogP contribution in [0.4, 0.5) is 0 Å². The minimum Gasteiger partial charge on any atom is -0.381 e. The van der Waals surface area contributed by atoms with Gasteiger partial charge in [-0.1, -0.05) is 0 Å². The predicted octanol–water partition coefficient (Wildman–Crippen LogP) is 0.395. The number of nitrogens with one attached hydrogen (secondary N) is 2. The van der Waals surface area contributed by atoms with Crippen LogP contribution < -0.4 is 10.6 Å². The van der Waals surface area contributed by atoms with Crippen LogP contribution in [0, 0.1) is 5.92 Å². The van der Waals surface area contributed by atoms with Gasteiger partial charge >= 0.3 is 0 Å². The zero-order valence-corrected chi connectivity index (χ0v) is 10.8. The highest BCUT2D eigenvalue weighted by atomic mass is 16.5. The molecule has 2 unspecified atom stereocenters. The molecule has 0 amide bonds. The molecule has 0 aromatic rings. The first-order valence-electron chi connectivity index (χ1n) is 7.11. The molecule has 4 heteroatoms. The van der Waals surface area contributed by atoms with Crippen molar-refractivity contribution in [3.05, 3.63) is 0 Å². The Morgan fingerprint density at radius 1 is 1.12 bits per heavy atom. The molecule has 0 aromatic carbocycles. The molecule has 2 saturated heterocycles. The first kappa shape index (κ1) is 11.9. The third-order valence-electron chi connectivity index (χ3n) is 4.87. The maximum Gasteiger partial charge on any atom is 0.0729 e. The molecule has 3 fully saturated rings. The molecule has 0 aromatic heterocycles. The highest BCUT2D eigenvalue weighted by Gasteiger charge is 2.39.